The highest BCUT2D eigenvalue weighted by atomic mass is 19.4. The number of hydrogen-bond acceptors (Lipinski definition) is 3. The zero-order chi connectivity index (χ0) is 16.3. The Morgan fingerprint density at radius 1 is 1.36 bits per heavy atom. The van der Waals surface area contributed by atoms with E-state index >= 15 is 0 Å². The van der Waals surface area contributed by atoms with E-state index < -0.39 is 24.2 Å². The molecule has 1 aromatic rings. The van der Waals surface area contributed by atoms with Crippen LogP contribution in [0.25, 0.3) is 0 Å². The summed E-state index contributed by atoms with van der Waals surface area (Å²) >= 11 is 0. The second kappa shape index (κ2) is 6.33. The highest BCUT2D eigenvalue weighted by Gasteiger charge is 2.48. The quantitative estimate of drug-likeness (QED) is 0.904. The minimum Gasteiger partial charge on any atom is -0.352 e. The summed E-state index contributed by atoms with van der Waals surface area (Å²) in [7, 11) is 0. The van der Waals surface area contributed by atoms with Crippen molar-refractivity contribution in [3.05, 3.63) is 30.1 Å². The van der Waals surface area contributed by atoms with Gasteiger partial charge in [0.15, 0.2) is 0 Å². The zero-order valence-electron chi connectivity index (χ0n) is 11.9. The molecular weight excluding hydrogens is 299 g/mol. The van der Waals surface area contributed by atoms with Crippen molar-refractivity contribution in [3.8, 4) is 0 Å². The Balaban J connectivity index is 2.23. The van der Waals surface area contributed by atoms with Gasteiger partial charge < -0.3 is 10.2 Å². The van der Waals surface area contributed by atoms with Crippen LogP contribution < -0.4 is 5.32 Å². The van der Waals surface area contributed by atoms with Gasteiger partial charge in [-0.15, -0.1) is 0 Å². The molecule has 1 fully saturated rings. The average molecular weight is 315 g/mol. The first-order valence-electron chi connectivity index (χ1n) is 6.84. The van der Waals surface area contributed by atoms with Crippen molar-refractivity contribution in [1.29, 1.82) is 0 Å². The fourth-order valence-electron chi connectivity index (χ4n) is 2.60. The summed E-state index contributed by atoms with van der Waals surface area (Å²) in [6.45, 7) is 1.13. The molecule has 5 nitrogen and oxygen atoms in total. The summed E-state index contributed by atoms with van der Waals surface area (Å²) in [5.41, 5.74) is 0.0974. The second-order valence-electron chi connectivity index (χ2n) is 5.23. The zero-order valence-corrected chi connectivity index (χ0v) is 11.9. The number of nitrogens with zero attached hydrogens (tertiary/aromatic N) is 2. The fraction of sp³-hybridized carbons (Fsp3) is 0.500. The number of pyridine rings is 1. The minimum absolute atomic E-state index is 0.0974. The molecular formula is C14H16F3N3O2. The average Bonchev–Trinajstić information content (AvgIpc) is 2.45. The summed E-state index contributed by atoms with van der Waals surface area (Å²) in [6, 6.07) is 0.595. The van der Waals surface area contributed by atoms with Crippen LogP contribution in [-0.4, -0.2) is 46.5 Å². The predicted octanol–water partition coefficient (Wildman–Crippen LogP) is 1.75. The Labute approximate surface area is 125 Å². The van der Waals surface area contributed by atoms with Crippen molar-refractivity contribution in [1.82, 2.24) is 15.2 Å². The van der Waals surface area contributed by atoms with Gasteiger partial charge in [-0.25, -0.2) is 0 Å². The standard InChI is InChI=1S/C14H16F3N3O2/c1-9(21)19-11-4-5-12(14(15,16)17)20(8-11)13(22)10-3-2-6-18-7-10/h2-3,6-7,11-12H,4-5,8H2,1H3,(H,19,21)/t11-,12-/m0/s1. The number of carbonyl (C=O) groups excluding carboxylic acids is 2. The molecule has 2 rings (SSSR count). The van der Waals surface area contributed by atoms with Crippen LogP contribution in [0.15, 0.2) is 24.5 Å². The number of halogens is 3. The molecule has 1 aliphatic heterocycles. The largest absolute Gasteiger partial charge is 0.408 e. The third-order valence-corrected chi connectivity index (χ3v) is 3.54. The highest BCUT2D eigenvalue weighted by Crippen LogP contribution is 2.32. The van der Waals surface area contributed by atoms with Crippen LogP contribution >= 0.6 is 0 Å². The van der Waals surface area contributed by atoms with Crippen molar-refractivity contribution in [2.45, 2.75) is 38.0 Å². The monoisotopic (exact) mass is 315 g/mol. The molecule has 0 unspecified atom stereocenters. The van der Waals surface area contributed by atoms with Gasteiger partial charge >= 0.3 is 6.18 Å². The van der Waals surface area contributed by atoms with Gasteiger partial charge in [0.25, 0.3) is 5.91 Å². The van der Waals surface area contributed by atoms with Gasteiger partial charge in [-0.05, 0) is 25.0 Å². The summed E-state index contributed by atoms with van der Waals surface area (Å²) in [5.74, 6) is -1.06. The lowest BCUT2D eigenvalue weighted by Gasteiger charge is -2.40. The number of piperidine rings is 1. The van der Waals surface area contributed by atoms with Crippen LogP contribution in [0, 0.1) is 0 Å². The number of nitrogens with one attached hydrogen (secondary N) is 1. The minimum atomic E-state index is -4.50. The van der Waals surface area contributed by atoms with Crippen molar-refractivity contribution in [3.63, 3.8) is 0 Å². The smallest absolute Gasteiger partial charge is 0.352 e. The van der Waals surface area contributed by atoms with Crippen LogP contribution in [0.3, 0.4) is 0 Å². The SMILES string of the molecule is CC(=O)N[C@H]1CC[C@@H](C(F)(F)F)N(C(=O)c2cccnc2)C1. The number of amides is 2. The third kappa shape index (κ3) is 3.75. The molecule has 0 aliphatic carbocycles. The Morgan fingerprint density at radius 2 is 2.09 bits per heavy atom. The van der Waals surface area contributed by atoms with Gasteiger partial charge in [0, 0.05) is 31.9 Å². The molecule has 1 aromatic heterocycles. The van der Waals surface area contributed by atoms with E-state index in [1.165, 1.54) is 31.5 Å². The lowest BCUT2D eigenvalue weighted by atomic mass is 9.96. The van der Waals surface area contributed by atoms with Gasteiger partial charge in [0.05, 0.1) is 5.56 Å². The number of hydrogen-bond donors (Lipinski definition) is 1. The third-order valence-electron chi connectivity index (χ3n) is 3.54. The van der Waals surface area contributed by atoms with Gasteiger partial charge in [-0.2, -0.15) is 13.2 Å². The van der Waals surface area contributed by atoms with E-state index in [0.29, 0.717) is 0 Å². The normalized spacial score (nSPS) is 22.3. The Bertz CT molecular complexity index is 548. The maximum atomic E-state index is 13.2. The van der Waals surface area contributed by atoms with Crippen LogP contribution in [0.5, 0.6) is 0 Å². The van der Waals surface area contributed by atoms with Gasteiger partial charge in [-0.1, -0.05) is 0 Å². The first-order valence-corrected chi connectivity index (χ1v) is 6.84. The predicted molar refractivity (Wildman–Crippen MR) is 72.0 cm³/mol. The second-order valence-corrected chi connectivity index (χ2v) is 5.23. The van der Waals surface area contributed by atoms with E-state index in [1.54, 1.807) is 0 Å². The van der Waals surface area contributed by atoms with E-state index in [2.05, 4.69) is 10.3 Å². The van der Waals surface area contributed by atoms with Crippen molar-refractivity contribution >= 4 is 11.8 Å². The first-order chi connectivity index (χ1) is 10.3. The molecule has 0 aromatic carbocycles. The van der Waals surface area contributed by atoms with Crippen LogP contribution in [-0.2, 0) is 4.79 Å². The first kappa shape index (κ1) is 16.3. The van der Waals surface area contributed by atoms with Crippen molar-refractivity contribution in [2.24, 2.45) is 0 Å². The van der Waals surface area contributed by atoms with Gasteiger partial charge in [0.1, 0.15) is 6.04 Å². The number of likely N-dealkylation sites (tertiary alicyclic amines) is 1. The molecule has 1 N–H and O–H groups in total. The number of aromatic nitrogens is 1. The van der Waals surface area contributed by atoms with Crippen LogP contribution in [0.4, 0.5) is 13.2 Å². The Kier molecular flexibility index (Phi) is 4.68. The lowest BCUT2D eigenvalue weighted by Crippen LogP contribution is -2.58. The molecule has 8 heteroatoms. The van der Waals surface area contributed by atoms with E-state index in [1.807, 2.05) is 0 Å². The van der Waals surface area contributed by atoms with Crippen molar-refractivity contribution in [2.75, 3.05) is 6.54 Å². The summed E-state index contributed by atoms with van der Waals surface area (Å²) < 4.78 is 39.5. The summed E-state index contributed by atoms with van der Waals surface area (Å²) in [4.78, 5) is 28.0. The fourth-order valence-corrected chi connectivity index (χ4v) is 2.60. The molecule has 0 spiro atoms. The number of rotatable bonds is 2. The summed E-state index contributed by atoms with van der Waals surface area (Å²) in [6.07, 6.45) is -1.88. The molecule has 1 aliphatic rings. The molecule has 0 saturated carbocycles. The maximum absolute atomic E-state index is 13.2. The maximum Gasteiger partial charge on any atom is 0.408 e. The molecule has 2 amide bonds. The van der Waals surface area contributed by atoms with Crippen LogP contribution in [0.1, 0.15) is 30.1 Å². The molecule has 1 saturated heterocycles. The van der Waals surface area contributed by atoms with Crippen molar-refractivity contribution < 1.29 is 22.8 Å². The van der Waals surface area contributed by atoms with E-state index in [4.69, 9.17) is 0 Å². The Hall–Kier alpha value is -2.12. The topological polar surface area (TPSA) is 62.3 Å². The molecule has 0 radical (unpaired) electrons. The molecule has 22 heavy (non-hydrogen) atoms. The lowest BCUT2D eigenvalue weighted by molar-refractivity contribution is -0.184. The molecule has 0 bridgehead atoms. The van der Waals surface area contributed by atoms with E-state index in [-0.39, 0.29) is 30.9 Å². The van der Waals surface area contributed by atoms with E-state index in [9.17, 15) is 22.8 Å². The van der Waals surface area contributed by atoms with E-state index in [0.717, 1.165) is 4.90 Å². The van der Waals surface area contributed by atoms with Gasteiger partial charge in [-0.3, -0.25) is 14.6 Å². The summed E-state index contributed by atoms with van der Waals surface area (Å²) in [5, 5.41) is 2.57. The molecule has 120 valence electrons. The number of alkyl halides is 3. The van der Waals surface area contributed by atoms with Crippen LogP contribution in [0.2, 0.25) is 0 Å². The Morgan fingerprint density at radius 3 is 2.64 bits per heavy atom. The number of carbonyl (C=O) groups is 2. The molecule has 2 heterocycles. The molecule has 2 atom stereocenters. The highest BCUT2D eigenvalue weighted by molar-refractivity contribution is 5.94. The van der Waals surface area contributed by atoms with Gasteiger partial charge in [0.2, 0.25) is 5.91 Å².